The Hall–Kier alpha value is -1.96. The van der Waals surface area contributed by atoms with Gasteiger partial charge in [0.2, 0.25) is 0 Å². The van der Waals surface area contributed by atoms with Crippen molar-refractivity contribution in [2.24, 2.45) is 18.9 Å². The Morgan fingerprint density at radius 2 is 1.92 bits per heavy atom. The summed E-state index contributed by atoms with van der Waals surface area (Å²) < 4.78 is 13.1. The van der Waals surface area contributed by atoms with Gasteiger partial charge in [0.05, 0.1) is 0 Å². The molecule has 1 aliphatic carbocycles. The quantitative estimate of drug-likeness (QED) is 0.386. The summed E-state index contributed by atoms with van der Waals surface area (Å²) in [5.41, 5.74) is 0.794. The fourth-order valence-electron chi connectivity index (χ4n) is 5.34. The first-order chi connectivity index (χ1) is 17.7. The third-order valence-electron chi connectivity index (χ3n) is 7.54. The molecule has 1 saturated heterocycles. The molecule has 2 heterocycles. The van der Waals surface area contributed by atoms with E-state index in [9.17, 15) is 19.5 Å². The number of aliphatic carboxylic acids is 1. The summed E-state index contributed by atoms with van der Waals surface area (Å²) in [4.78, 5) is 39.5. The summed E-state index contributed by atoms with van der Waals surface area (Å²) >= 11 is 4.39. The van der Waals surface area contributed by atoms with Crippen molar-refractivity contribution in [2.75, 3.05) is 33.9 Å². The molecule has 2 fully saturated rings. The van der Waals surface area contributed by atoms with Crippen LogP contribution in [0.5, 0.6) is 0 Å². The van der Waals surface area contributed by atoms with E-state index in [1.165, 1.54) is 17.7 Å². The number of halogens is 1. The summed E-state index contributed by atoms with van der Waals surface area (Å²) in [5.74, 6) is -2.81. The summed E-state index contributed by atoms with van der Waals surface area (Å²) in [5, 5.41) is 14.6. The Balaban J connectivity index is 1.74. The maximum absolute atomic E-state index is 14.4. The molecule has 2 N–H and O–H groups in total. The second kappa shape index (κ2) is 11.8. The molecule has 4 atom stereocenters. The molecule has 4 unspecified atom stereocenters. The van der Waals surface area contributed by atoms with Gasteiger partial charge in [-0.3, -0.25) is 0 Å². The van der Waals surface area contributed by atoms with E-state index in [2.05, 4.69) is 11.4 Å². The Bertz CT molecular complexity index is 1220. The molecular weight excluding hydrogens is 559 g/mol. The zero-order chi connectivity index (χ0) is 26.7. The number of aromatic nitrogens is 1. The number of rotatable bonds is 11. The van der Waals surface area contributed by atoms with Gasteiger partial charge in [0.1, 0.15) is 0 Å². The fourth-order valence-corrected chi connectivity index (χ4v) is 11.7. The molecule has 37 heavy (non-hydrogen) atoms. The standard InChI is InChI=1S/C27H34AsClN2O6/c1-31-10-8-19(13-24(31)32)27(37-3)21(15-30-16-22(27)26(34)35)25(33)28(20-5-6-20)14-18-12-17(9-11-36-2)4-7-23(18)29/h4,7-8,10,12-13,20-22,30H,5-6,9,11,14-16H2,1-3H3,(H,34,35). The van der Waals surface area contributed by atoms with Crippen molar-refractivity contribution in [1.82, 2.24) is 9.88 Å². The topological polar surface area (TPSA) is 107 Å². The number of carboxylic acids is 1. The van der Waals surface area contributed by atoms with Crippen molar-refractivity contribution in [3.05, 3.63) is 68.6 Å². The first-order valence-electron chi connectivity index (χ1n) is 12.5. The number of nitrogens with zero attached hydrogens (tertiary/aromatic N) is 1. The number of carbonyl (C=O) groups excluding carboxylic acids is 1. The van der Waals surface area contributed by atoms with Crippen LogP contribution < -0.4 is 10.9 Å². The molecule has 1 aromatic heterocycles. The number of carboxylic acid groups (broad SMARTS) is 1. The number of pyridine rings is 1. The summed E-state index contributed by atoms with van der Waals surface area (Å²) in [6, 6.07) is 9.05. The van der Waals surface area contributed by atoms with Crippen molar-refractivity contribution in [3.8, 4) is 0 Å². The first kappa shape index (κ1) is 28.1. The molecule has 200 valence electrons. The SMILES string of the molecule is COCCc1ccc(Cl)c(C[As](C(=O)C2CNCC(C(=O)O)C2(OC)c2ccn(C)c(=O)c2)C2CC2)c1. The molecule has 4 rings (SSSR count). The Labute approximate surface area is 226 Å². The third-order valence-corrected chi connectivity index (χ3v) is 14.1. The minimum atomic E-state index is -2.21. The Morgan fingerprint density at radius 1 is 1.19 bits per heavy atom. The fraction of sp³-hybridized carbons (Fsp3) is 0.519. The van der Waals surface area contributed by atoms with Gasteiger partial charge >= 0.3 is 227 Å². The van der Waals surface area contributed by atoms with Crippen LogP contribution in [0.2, 0.25) is 9.73 Å². The number of aryl methyl sites for hydroxylation is 1. The first-order valence-corrected chi connectivity index (χ1v) is 16.2. The van der Waals surface area contributed by atoms with E-state index >= 15 is 0 Å². The van der Waals surface area contributed by atoms with E-state index < -0.39 is 38.1 Å². The number of hydrogen-bond donors (Lipinski definition) is 2. The Morgan fingerprint density at radius 3 is 2.54 bits per heavy atom. The van der Waals surface area contributed by atoms with Gasteiger partial charge in [0, 0.05) is 0 Å². The molecule has 10 heteroatoms. The van der Waals surface area contributed by atoms with Crippen LogP contribution in [0.25, 0.3) is 0 Å². The maximum atomic E-state index is 14.4. The summed E-state index contributed by atoms with van der Waals surface area (Å²) in [6.45, 7) is 1.04. The van der Waals surface area contributed by atoms with E-state index in [1.54, 1.807) is 26.4 Å². The van der Waals surface area contributed by atoms with Crippen LogP contribution in [0.15, 0.2) is 41.3 Å². The number of benzene rings is 1. The van der Waals surface area contributed by atoms with Crippen molar-refractivity contribution < 1.29 is 24.2 Å². The molecule has 8 nitrogen and oxygen atoms in total. The summed E-state index contributed by atoms with van der Waals surface area (Å²) in [7, 11) is 4.74. The van der Waals surface area contributed by atoms with Crippen molar-refractivity contribution in [1.29, 1.82) is 0 Å². The number of nitrogens with one attached hydrogen (secondary N) is 1. The molecule has 0 radical (unpaired) electrons. The van der Waals surface area contributed by atoms with Crippen LogP contribution >= 0.6 is 11.6 Å². The van der Waals surface area contributed by atoms with E-state index in [-0.39, 0.29) is 16.7 Å². The zero-order valence-corrected chi connectivity index (χ0v) is 24.0. The van der Waals surface area contributed by atoms with Gasteiger partial charge in [0.15, 0.2) is 0 Å². The Kier molecular flexibility index (Phi) is 8.97. The van der Waals surface area contributed by atoms with Crippen LogP contribution in [0.1, 0.15) is 29.5 Å². The van der Waals surface area contributed by atoms with E-state index in [0.717, 1.165) is 30.4 Å². The predicted octanol–water partition coefficient (Wildman–Crippen LogP) is 2.54. The van der Waals surface area contributed by atoms with Gasteiger partial charge in [-0.05, 0) is 0 Å². The molecule has 1 aliphatic heterocycles. The van der Waals surface area contributed by atoms with Crippen LogP contribution in [-0.4, -0.2) is 68.8 Å². The molecule has 2 aliphatic rings. The molecular formula is C27H34AsClN2O6. The van der Waals surface area contributed by atoms with E-state index in [4.69, 9.17) is 21.1 Å². The second-order valence-corrected chi connectivity index (χ2v) is 15.3. The molecule has 2 aromatic rings. The van der Waals surface area contributed by atoms with E-state index in [0.29, 0.717) is 33.7 Å². The monoisotopic (exact) mass is 592 g/mol. The van der Waals surface area contributed by atoms with Crippen LogP contribution in [-0.2, 0) is 43.3 Å². The van der Waals surface area contributed by atoms with Crippen LogP contribution in [0.4, 0.5) is 0 Å². The molecule has 1 aromatic carbocycles. The predicted molar refractivity (Wildman–Crippen MR) is 142 cm³/mol. The molecule has 0 spiro atoms. The second-order valence-electron chi connectivity index (χ2n) is 9.83. The van der Waals surface area contributed by atoms with Gasteiger partial charge in [-0.1, -0.05) is 0 Å². The van der Waals surface area contributed by atoms with Crippen LogP contribution in [0, 0.1) is 11.8 Å². The van der Waals surface area contributed by atoms with Gasteiger partial charge in [-0.25, -0.2) is 0 Å². The van der Waals surface area contributed by atoms with Gasteiger partial charge in [0.25, 0.3) is 0 Å². The zero-order valence-electron chi connectivity index (χ0n) is 21.4. The molecule has 1 saturated carbocycles. The third kappa shape index (κ3) is 5.74. The van der Waals surface area contributed by atoms with Crippen molar-refractivity contribution in [3.63, 3.8) is 0 Å². The van der Waals surface area contributed by atoms with Gasteiger partial charge in [-0.15, -0.1) is 0 Å². The minimum absolute atomic E-state index is 0.0920. The number of piperidine rings is 1. The number of methoxy groups -OCH3 is 2. The number of hydrogen-bond acceptors (Lipinski definition) is 6. The van der Waals surface area contributed by atoms with Gasteiger partial charge in [-0.2, -0.15) is 0 Å². The summed E-state index contributed by atoms with van der Waals surface area (Å²) in [6.07, 6.45) is 4.36. The number of carbonyl (C=O) groups is 2. The van der Waals surface area contributed by atoms with Crippen LogP contribution in [0.3, 0.4) is 0 Å². The molecule has 0 bridgehead atoms. The average molecular weight is 593 g/mol. The van der Waals surface area contributed by atoms with E-state index in [1.807, 2.05) is 12.1 Å². The average Bonchev–Trinajstić information content (AvgIpc) is 3.73. The van der Waals surface area contributed by atoms with Gasteiger partial charge < -0.3 is 0 Å². The number of ether oxygens (including phenoxy) is 2. The van der Waals surface area contributed by atoms with Crippen molar-refractivity contribution >= 4 is 36.8 Å². The molecule has 0 amide bonds. The normalized spacial score (nSPS) is 24.5. The van der Waals surface area contributed by atoms with Crippen molar-refractivity contribution in [2.45, 2.75) is 34.8 Å².